The third-order valence-electron chi connectivity index (χ3n) is 4.69. The Hall–Kier alpha value is -0.580. The van der Waals surface area contributed by atoms with Gasteiger partial charge in [0, 0.05) is 18.4 Å². The lowest BCUT2D eigenvalue weighted by Gasteiger charge is -2.40. The highest BCUT2D eigenvalue weighted by Crippen LogP contribution is 2.43. The Kier molecular flexibility index (Phi) is 4.07. The molecule has 0 aromatic heterocycles. The van der Waals surface area contributed by atoms with E-state index in [1.807, 2.05) is 23.9 Å². The number of benzene rings is 1. The Morgan fingerprint density at radius 3 is 3.05 bits per heavy atom. The first-order valence-corrected chi connectivity index (χ1v) is 8.48. The minimum Gasteiger partial charge on any atom is -0.374 e. The molecule has 3 atom stereocenters. The lowest BCUT2D eigenvalue weighted by atomic mass is 9.79. The molecule has 2 N–H and O–H groups in total. The third kappa shape index (κ3) is 2.74. The molecular formula is C16H22FNOS. The van der Waals surface area contributed by atoms with Gasteiger partial charge >= 0.3 is 0 Å². The molecule has 2 nitrogen and oxygen atoms in total. The van der Waals surface area contributed by atoms with Gasteiger partial charge in [0.15, 0.2) is 0 Å². The van der Waals surface area contributed by atoms with Crippen molar-refractivity contribution in [3.05, 3.63) is 35.1 Å². The number of hydrogen-bond donors (Lipinski definition) is 1. The summed E-state index contributed by atoms with van der Waals surface area (Å²) >= 11 is 1.97. The molecule has 0 saturated carbocycles. The van der Waals surface area contributed by atoms with Crippen molar-refractivity contribution < 1.29 is 9.13 Å². The van der Waals surface area contributed by atoms with Gasteiger partial charge in [-0.1, -0.05) is 12.1 Å². The minimum absolute atomic E-state index is 0.0362. The number of ether oxygens (including phenoxy) is 1. The van der Waals surface area contributed by atoms with E-state index in [1.54, 1.807) is 13.0 Å². The molecule has 20 heavy (non-hydrogen) atoms. The van der Waals surface area contributed by atoms with E-state index in [0.29, 0.717) is 11.5 Å². The Bertz CT molecular complexity index is 487. The molecule has 0 radical (unpaired) electrons. The molecule has 110 valence electrons. The second-order valence-electron chi connectivity index (χ2n) is 6.12. The van der Waals surface area contributed by atoms with Crippen molar-refractivity contribution in [1.82, 2.24) is 0 Å². The zero-order chi connectivity index (χ0) is 14.2. The molecule has 3 rings (SSSR count). The fraction of sp³-hybridized carbons (Fsp3) is 0.625. The van der Waals surface area contributed by atoms with Gasteiger partial charge in [-0.05, 0) is 55.1 Å². The van der Waals surface area contributed by atoms with Crippen LogP contribution in [0, 0.1) is 18.7 Å². The first-order chi connectivity index (χ1) is 9.60. The van der Waals surface area contributed by atoms with E-state index in [4.69, 9.17) is 10.5 Å². The molecule has 0 aliphatic carbocycles. The van der Waals surface area contributed by atoms with Gasteiger partial charge in [0.05, 0.1) is 5.60 Å². The van der Waals surface area contributed by atoms with E-state index in [1.165, 1.54) is 5.75 Å². The fourth-order valence-electron chi connectivity index (χ4n) is 3.32. The van der Waals surface area contributed by atoms with Crippen molar-refractivity contribution in [1.29, 1.82) is 0 Å². The molecule has 4 heteroatoms. The van der Waals surface area contributed by atoms with Crippen LogP contribution in [-0.2, 0) is 4.74 Å². The molecular weight excluding hydrogens is 273 g/mol. The predicted molar refractivity (Wildman–Crippen MR) is 81.4 cm³/mol. The standard InChI is InChI=1S/C16H22FNOS/c1-11-2-3-12(8-14(11)17)15(18)13-4-6-19-16(9-13)5-7-20-10-16/h2-3,8,13,15H,4-7,9-10,18H2,1H3. The van der Waals surface area contributed by atoms with Gasteiger partial charge in [-0.2, -0.15) is 11.8 Å². The van der Waals surface area contributed by atoms with Gasteiger partial charge in [0.25, 0.3) is 0 Å². The second-order valence-corrected chi connectivity index (χ2v) is 7.23. The fourth-order valence-corrected chi connectivity index (χ4v) is 4.70. The summed E-state index contributed by atoms with van der Waals surface area (Å²) in [5.41, 5.74) is 8.04. The maximum absolute atomic E-state index is 13.7. The van der Waals surface area contributed by atoms with Crippen LogP contribution in [0.2, 0.25) is 0 Å². The number of rotatable bonds is 2. The van der Waals surface area contributed by atoms with Crippen LogP contribution in [0.3, 0.4) is 0 Å². The van der Waals surface area contributed by atoms with E-state index in [2.05, 4.69) is 0 Å². The third-order valence-corrected chi connectivity index (χ3v) is 5.91. The molecule has 2 heterocycles. The van der Waals surface area contributed by atoms with Gasteiger partial charge in [0.1, 0.15) is 5.82 Å². The quantitative estimate of drug-likeness (QED) is 0.908. The topological polar surface area (TPSA) is 35.2 Å². The predicted octanol–water partition coefficient (Wildman–Crippen LogP) is 3.44. The Balaban J connectivity index is 1.75. The summed E-state index contributed by atoms with van der Waals surface area (Å²) < 4.78 is 19.8. The van der Waals surface area contributed by atoms with Crippen LogP contribution < -0.4 is 5.73 Å². The van der Waals surface area contributed by atoms with Crippen LogP contribution in [0.25, 0.3) is 0 Å². The molecule has 2 fully saturated rings. The van der Waals surface area contributed by atoms with Gasteiger partial charge in [-0.25, -0.2) is 4.39 Å². The van der Waals surface area contributed by atoms with E-state index >= 15 is 0 Å². The van der Waals surface area contributed by atoms with Crippen molar-refractivity contribution in [3.63, 3.8) is 0 Å². The molecule has 0 bridgehead atoms. The van der Waals surface area contributed by atoms with Crippen LogP contribution in [0.1, 0.15) is 36.4 Å². The summed E-state index contributed by atoms with van der Waals surface area (Å²) in [5, 5.41) is 0. The van der Waals surface area contributed by atoms with E-state index in [0.717, 1.165) is 37.2 Å². The van der Waals surface area contributed by atoms with E-state index < -0.39 is 0 Å². The zero-order valence-corrected chi connectivity index (χ0v) is 12.7. The normalized spacial score (nSPS) is 31.6. The maximum atomic E-state index is 13.7. The van der Waals surface area contributed by atoms with Crippen molar-refractivity contribution in [2.45, 2.75) is 37.8 Å². The van der Waals surface area contributed by atoms with Crippen molar-refractivity contribution in [2.75, 3.05) is 18.1 Å². The summed E-state index contributed by atoms with van der Waals surface area (Å²) in [6.07, 6.45) is 3.11. The summed E-state index contributed by atoms with van der Waals surface area (Å²) in [5.74, 6) is 2.50. The molecule has 1 aromatic carbocycles. The van der Waals surface area contributed by atoms with Crippen LogP contribution in [-0.4, -0.2) is 23.7 Å². The maximum Gasteiger partial charge on any atom is 0.126 e. The number of nitrogens with two attached hydrogens (primary N) is 1. The summed E-state index contributed by atoms with van der Waals surface area (Å²) in [4.78, 5) is 0. The first kappa shape index (κ1) is 14.4. The molecule has 0 amide bonds. The molecule has 2 aliphatic rings. The van der Waals surface area contributed by atoms with Crippen molar-refractivity contribution in [2.24, 2.45) is 11.7 Å². The lowest BCUT2D eigenvalue weighted by Crippen LogP contribution is -2.42. The summed E-state index contributed by atoms with van der Waals surface area (Å²) in [6.45, 7) is 2.57. The average Bonchev–Trinajstić information content (AvgIpc) is 2.89. The number of aryl methyl sites for hydroxylation is 1. The van der Waals surface area contributed by atoms with E-state index in [-0.39, 0.29) is 17.5 Å². The molecule has 2 saturated heterocycles. The van der Waals surface area contributed by atoms with Crippen molar-refractivity contribution >= 4 is 11.8 Å². The SMILES string of the molecule is Cc1ccc(C(N)C2CCOC3(CCSC3)C2)cc1F. The molecule has 1 aromatic rings. The van der Waals surface area contributed by atoms with E-state index in [9.17, 15) is 4.39 Å². The molecule has 3 unspecified atom stereocenters. The summed E-state index contributed by atoms with van der Waals surface area (Å²) in [6, 6.07) is 5.31. The number of hydrogen-bond acceptors (Lipinski definition) is 3. The van der Waals surface area contributed by atoms with Crippen LogP contribution in [0.5, 0.6) is 0 Å². The molecule has 1 spiro atoms. The van der Waals surface area contributed by atoms with Crippen LogP contribution in [0.4, 0.5) is 4.39 Å². The Labute approximate surface area is 124 Å². The van der Waals surface area contributed by atoms with Gasteiger partial charge in [0.2, 0.25) is 0 Å². The number of thioether (sulfide) groups is 1. The monoisotopic (exact) mass is 295 g/mol. The van der Waals surface area contributed by atoms with Crippen LogP contribution in [0.15, 0.2) is 18.2 Å². The average molecular weight is 295 g/mol. The highest BCUT2D eigenvalue weighted by Gasteiger charge is 2.42. The largest absolute Gasteiger partial charge is 0.374 e. The highest BCUT2D eigenvalue weighted by atomic mass is 32.2. The molecule has 2 aliphatic heterocycles. The highest BCUT2D eigenvalue weighted by molar-refractivity contribution is 7.99. The minimum atomic E-state index is -0.156. The summed E-state index contributed by atoms with van der Waals surface area (Å²) in [7, 11) is 0. The Morgan fingerprint density at radius 1 is 1.50 bits per heavy atom. The zero-order valence-electron chi connectivity index (χ0n) is 11.9. The lowest BCUT2D eigenvalue weighted by molar-refractivity contribution is -0.0834. The van der Waals surface area contributed by atoms with Crippen LogP contribution >= 0.6 is 11.8 Å². The first-order valence-electron chi connectivity index (χ1n) is 7.33. The second kappa shape index (κ2) is 5.66. The number of halogens is 1. The van der Waals surface area contributed by atoms with Gasteiger partial charge in [-0.3, -0.25) is 0 Å². The smallest absolute Gasteiger partial charge is 0.126 e. The Morgan fingerprint density at radius 2 is 2.35 bits per heavy atom. The van der Waals surface area contributed by atoms with Gasteiger partial charge < -0.3 is 10.5 Å². The van der Waals surface area contributed by atoms with Crippen molar-refractivity contribution in [3.8, 4) is 0 Å². The van der Waals surface area contributed by atoms with Gasteiger partial charge in [-0.15, -0.1) is 0 Å².